The molecule has 1 rings (SSSR count). The van der Waals surface area contributed by atoms with E-state index in [9.17, 15) is 0 Å². The zero-order valence-corrected chi connectivity index (χ0v) is 8.07. The van der Waals surface area contributed by atoms with E-state index in [1.807, 2.05) is 49.1 Å². The van der Waals surface area contributed by atoms with E-state index in [-0.39, 0.29) is 0 Å². The Balaban J connectivity index is 2.92. The van der Waals surface area contributed by atoms with Crippen LogP contribution in [0.1, 0.15) is 13.8 Å². The van der Waals surface area contributed by atoms with E-state index in [4.69, 9.17) is 0 Å². The maximum atomic E-state index is 4.28. The molecule has 0 saturated heterocycles. The molecule has 0 unspecified atom stereocenters. The Hall–Kier alpha value is -1.57. The maximum Gasteiger partial charge on any atom is 0.135 e. The second-order valence-electron chi connectivity index (χ2n) is 2.99. The van der Waals surface area contributed by atoms with Crippen LogP contribution in [-0.4, -0.2) is 10.4 Å². The number of hydrogen-bond acceptors (Lipinski definition) is 1. The largest absolute Gasteiger partial charge is 0.309 e. The number of rotatable bonds is 2. The molecule has 0 amide bonds. The second kappa shape index (κ2) is 4.45. The van der Waals surface area contributed by atoms with Gasteiger partial charge in [-0.2, -0.15) is 0 Å². The molecule has 0 aliphatic rings. The first-order valence-electron chi connectivity index (χ1n) is 4.21. The van der Waals surface area contributed by atoms with E-state index < -0.39 is 0 Å². The molecule has 13 heavy (non-hydrogen) atoms. The maximum absolute atomic E-state index is 4.28. The average Bonchev–Trinajstić information content (AvgIpc) is 2.58. The van der Waals surface area contributed by atoms with Crippen molar-refractivity contribution in [2.24, 2.45) is 4.99 Å². The molecule has 0 N–H and O–H groups in total. The van der Waals surface area contributed by atoms with Gasteiger partial charge in [0.1, 0.15) is 5.84 Å². The van der Waals surface area contributed by atoms with E-state index in [1.54, 1.807) is 6.08 Å². The van der Waals surface area contributed by atoms with Crippen LogP contribution in [0.25, 0.3) is 0 Å². The van der Waals surface area contributed by atoms with Gasteiger partial charge in [-0.1, -0.05) is 12.2 Å². The van der Waals surface area contributed by atoms with Crippen molar-refractivity contribution in [3.8, 4) is 0 Å². The van der Waals surface area contributed by atoms with Crippen LogP contribution in [0.4, 0.5) is 0 Å². The van der Waals surface area contributed by atoms with Crippen LogP contribution in [0.5, 0.6) is 0 Å². The summed E-state index contributed by atoms with van der Waals surface area (Å²) >= 11 is 0. The van der Waals surface area contributed by atoms with Gasteiger partial charge in [0.15, 0.2) is 0 Å². The normalized spacial score (nSPS) is 11.1. The SMILES string of the molecule is C=CC(=NC=C(C)C)n1cccc1. The Kier molecular flexibility index (Phi) is 3.26. The quantitative estimate of drug-likeness (QED) is 0.484. The summed E-state index contributed by atoms with van der Waals surface area (Å²) in [6, 6.07) is 3.92. The summed E-state index contributed by atoms with van der Waals surface area (Å²) in [5, 5.41) is 0. The molecule has 0 saturated carbocycles. The van der Waals surface area contributed by atoms with Crippen molar-refractivity contribution in [3.63, 3.8) is 0 Å². The van der Waals surface area contributed by atoms with Gasteiger partial charge >= 0.3 is 0 Å². The third kappa shape index (κ3) is 2.75. The van der Waals surface area contributed by atoms with Gasteiger partial charge in [-0.3, -0.25) is 0 Å². The van der Waals surface area contributed by atoms with Crippen LogP contribution in [0.2, 0.25) is 0 Å². The minimum atomic E-state index is 0.839. The highest BCUT2D eigenvalue weighted by Gasteiger charge is 1.92. The van der Waals surface area contributed by atoms with E-state index in [0.717, 1.165) is 5.84 Å². The monoisotopic (exact) mass is 174 g/mol. The van der Waals surface area contributed by atoms with Crippen LogP contribution < -0.4 is 0 Å². The molecular formula is C11H14N2. The van der Waals surface area contributed by atoms with Crippen molar-refractivity contribution in [2.45, 2.75) is 13.8 Å². The molecule has 0 aromatic carbocycles. The minimum absolute atomic E-state index is 0.839. The molecule has 1 aromatic heterocycles. The minimum Gasteiger partial charge on any atom is -0.309 e. The van der Waals surface area contributed by atoms with E-state index >= 15 is 0 Å². The molecule has 0 atom stereocenters. The van der Waals surface area contributed by atoms with Crippen molar-refractivity contribution < 1.29 is 0 Å². The van der Waals surface area contributed by atoms with Crippen molar-refractivity contribution in [1.29, 1.82) is 0 Å². The molecular weight excluding hydrogens is 160 g/mol. The fourth-order valence-electron chi connectivity index (χ4n) is 0.907. The van der Waals surface area contributed by atoms with Gasteiger partial charge < -0.3 is 4.57 Å². The zero-order chi connectivity index (χ0) is 9.68. The standard InChI is InChI=1S/C11H14N2/c1-4-11(12-9-10(2)3)13-7-5-6-8-13/h4-9H,1H2,2-3H3. The molecule has 2 heteroatoms. The number of aliphatic imine (C=N–C) groups is 1. The molecule has 0 fully saturated rings. The van der Waals surface area contributed by atoms with Gasteiger partial charge in [-0.25, -0.2) is 4.99 Å². The van der Waals surface area contributed by atoms with Crippen molar-refractivity contribution in [1.82, 2.24) is 4.57 Å². The highest BCUT2D eigenvalue weighted by molar-refractivity contribution is 5.94. The molecule has 1 aromatic rings. The van der Waals surface area contributed by atoms with Gasteiger partial charge in [0, 0.05) is 18.6 Å². The number of hydrogen-bond donors (Lipinski definition) is 0. The van der Waals surface area contributed by atoms with E-state index in [0.29, 0.717) is 0 Å². The van der Waals surface area contributed by atoms with Crippen LogP contribution in [-0.2, 0) is 0 Å². The lowest BCUT2D eigenvalue weighted by Gasteiger charge is -1.99. The van der Waals surface area contributed by atoms with E-state index in [1.165, 1.54) is 5.57 Å². The fourth-order valence-corrected chi connectivity index (χ4v) is 0.907. The fraction of sp³-hybridized carbons (Fsp3) is 0.182. The Bertz CT molecular complexity index is 325. The molecule has 0 bridgehead atoms. The summed E-state index contributed by atoms with van der Waals surface area (Å²) in [7, 11) is 0. The first-order valence-corrected chi connectivity index (χ1v) is 4.21. The van der Waals surface area contributed by atoms with Crippen molar-refractivity contribution >= 4 is 5.84 Å². The lowest BCUT2D eigenvalue weighted by atomic mass is 10.4. The summed E-state index contributed by atoms with van der Waals surface area (Å²) in [6.45, 7) is 7.74. The summed E-state index contributed by atoms with van der Waals surface area (Å²) in [5.74, 6) is 0.839. The second-order valence-corrected chi connectivity index (χ2v) is 2.99. The predicted molar refractivity (Wildman–Crippen MR) is 56.9 cm³/mol. The summed E-state index contributed by atoms with van der Waals surface area (Å²) in [5.41, 5.74) is 1.17. The number of allylic oxidation sites excluding steroid dienone is 2. The molecule has 0 aliphatic carbocycles. The predicted octanol–water partition coefficient (Wildman–Crippen LogP) is 2.84. The highest BCUT2D eigenvalue weighted by Crippen LogP contribution is 1.95. The third-order valence-electron chi connectivity index (χ3n) is 1.51. The van der Waals surface area contributed by atoms with Crippen LogP contribution in [0, 0.1) is 0 Å². The number of nitrogens with zero attached hydrogens (tertiary/aromatic N) is 2. The lowest BCUT2D eigenvalue weighted by Crippen LogP contribution is -2.04. The van der Waals surface area contributed by atoms with Gasteiger partial charge in [-0.05, 0) is 32.1 Å². The zero-order valence-electron chi connectivity index (χ0n) is 8.07. The highest BCUT2D eigenvalue weighted by atomic mass is 15.0. The Morgan fingerprint density at radius 3 is 2.38 bits per heavy atom. The Morgan fingerprint density at radius 2 is 1.92 bits per heavy atom. The Labute approximate surface area is 78.9 Å². The average molecular weight is 174 g/mol. The van der Waals surface area contributed by atoms with Gasteiger partial charge in [-0.15, -0.1) is 0 Å². The molecule has 0 spiro atoms. The van der Waals surface area contributed by atoms with Crippen LogP contribution in [0.3, 0.4) is 0 Å². The van der Waals surface area contributed by atoms with Gasteiger partial charge in [0.05, 0.1) is 0 Å². The summed E-state index contributed by atoms with van der Waals surface area (Å²) in [4.78, 5) is 4.28. The first-order chi connectivity index (χ1) is 6.24. The molecule has 68 valence electrons. The number of aromatic nitrogens is 1. The topological polar surface area (TPSA) is 17.3 Å². The first kappa shape index (κ1) is 9.52. The molecule has 0 radical (unpaired) electrons. The van der Waals surface area contributed by atoms with Crippen molar-refractivity contribution in [2.75, 3.05) is 0 Å². The molecule has 0 aliphatic heterocycles. The smallest absolute Gasteiger partial charge is 0.135 e. The summed E-state index contributed by atoms with van der Waals surface area (Å²) in [6.07, 6.45) is 7.45. The molecule has 2 nitrogen and oxygen atoms in total. The van der Waals surface area contributed by atoms with Crippen LogP contribution in [0.15, 0.2) is 53.9 Å². The third-order valence-corrected chi connectivity index (χ3v) is 1.51. The Morgan fingerprint density at radius 1 is 1.31 bits per heavy atom. The van der Waals surface area contributed by atoms with Gasteiger partial charge in [0.2, 0.25) is 0 Å². The van der Waals surface area contributed by atoms with Crippen molar-refractivity contribution in [3.05, 3.63) is 49.0 Å². The summed E-state index contributed by atoms with van der Waals surface area (Å²) < 4.78 is 1.92. The molecule has 1 heterocycles. The van der Waals surface area contributed by atoms with E-state index in [2.05, 4.69) is 11.6 Å². The van der Waals surface area contributed by atoms with Gasteiger partial charge in [0.25, 0.3) is 0 Å². The van der Waals surface area contributed by atoms with Crippen LogP contribution >= 0.6 is 0 Å². The lowest BCUT2D eigenvalue weighted by molar-refractivity contribution is 1.16.